The Labute approximate surface area is 169 Å². The molecule has 0 radical (unpaired) electrons. The lowest BCUT2D eigenvalue weighted by atomic mass is 9.94. The Kier molecular flexibility index (Phi) is 6.13. The van der Waals surface area contributed by atoms with Crippen LogP contribution in [0.3, 0.4) is 0 Å². The Balaban J connectivity index is 1.97. The number of hydrogen-bond donors (Lipinski definition) is 0. The monoisotopic (exact) mass is 404 g/mol. The molecule has 0 aliphatic rings. The summed E-state index contributed by atoms with van der Waals surface area (Å²) >= 11 is 18.7. The van der Waals surface area contributed by atoms with Gasteiger partial charge in [0, 0.05) is 21.5 Å². The molecule has 3 aromatic carbocycles. The van der Waals surface area contributed by atoms with Gasteiger partial charge in [0.2, 0.25) is 0 Å². The maximum absolute atomic E-state index is 6.34. The summed E-state index contributed by atoms with van der Waals surface area (Å²) in [6.07, 6.45) is 1.60. The standard InChI is InChI=1S/C22H19Cl3O/c1-3-15-9-14(10-20-21(24)12-17(23)13-22(20)25)7-8-19(15)16-5-4-6-18(11-16)26-2/h4-9,11-13H,3,10H2,1-2H3. The fourth-order valence-electron chi connectivity index (χ4n) is 3.07. The molecule has 4 heteroatoms. The van der Waals surface area contributed by atoms with Crippen molar-refractivity contribution < 1.29 is 4.74 Å². The lowest BCUT2D eigenvalue weighted by Gasteiger charge is -2.13. The maximum Gasteiger partial charge on any atom is 0.119 e. The largest absolute Gasteiger partial charge is 0.497 e. The van der Waals surface area contributed by atoms with Crippen molar-refractivity contribution in [3.05, 3.63) is 86.4 Å². The van der Waals surface area contributed by atoms with Gasteiger partial charge in [0.1, 0.15) is 5.75 Å². The van der Waals surface area contributed by atoms with Gasteiger partial charge in [0.05, 0.1) is 7.11 Å². The summed E-state index contributed by atoms with van der Waals surface area (Å²) in [5.41, 5.74) is 5.70. The number of rotatable bonds is 5. The molecule has 3 rings (SSSR count). The molecule has 26 heavy (non-hydrogen) atoms. The van der Waals surface area contributed by atoms with Crippen LogP contribution in [0.1, 0.15) is 23.6 Å². The molecule has 0 fully saturated rings. The molecule has 0 amide bonds. The normalized spacial score (nSPS) is 10.8. The second-order valence-corrected chi connectivity index (χ2v) is 7.35. The van der Waals surface area contributed by atoms with Gasteiger partial charge in [-0.05, 0) is 58.5 Å². The van der Waals surface area contributed by atoms with Crippen LogP contribution in [0.4, 0.5) is 0 Å². The highest BCUT2D eigenvalue weighted by Crippen LogP contribution is 2.33. The van der Waals surface area contributed by atoms with E-state index in [1.165, 1.54) is 16.7 Å². The Hall–Kier alpha value is -1.67. The quantitative estimate of drug-likeness (QED) is 0.427. The van der Waals surface area contributed by atoms with E-state index in [9.17, 15) is 0 Å². The Morgan fingerprint density at radius 1 is 0.885 bits per heavy atom. The molecule has 0 bridgehead atoms. The number of ether oxygens (including phenoxy) is 1. The molecule has 0 saturated heterocycles. The fourth-order valence-corrected chi connectivity index (χ4v) is 4.02. The molecule has 0 heterocycles. The van der Waals surface area contributed by atoms with E-state index in [1.807, 2.05) is 12.1 Å². The Morgan fingerprint density at radius 3 is 2.27 bits per heavy atom. The van der Waals surface area contributed by atoms with E-state index in [0.29, 0.717) is 21.5 Å². The van der Waals surface area contributed by atoms with Crippen LogP contribution in [0.2, 0.25) is 15.1 Å². The van der Waals surface area contributed by atoms with E-state index in [0.717, 1.165) is 23.3 Å². The van der Waals surface area contributed by atoms with Crippen molar-refractivity contribution in [2.24, 2.45) is 0 Å². The molecule has 0 N–H and O–H groups in total. The minimum Gasteiger partial charge on any atom is -0.497 e. The zero-order chi connectivity index (χ0) is 18.7. The zero-order valence-corrected chi connectivity index (χ0v) is 16.9. The zero-order valence-electron chi connectivity index (χ0n) is 14.7. The van der Waals surface area contributed by atoms with Gasteiger partial charge in [-0.1, -0.05) is 72.1 Å². The van der Waals surface area contributed by atoms with Crippen molar-refractivity contribution in [3.8, 4) is 16.9 Å². The van der Waals surface area contributed by atoms with E-state index in [4.69, 9.17) is 39.5 Å². The fraction of sp³-hybridized carbons (Fsp3) is 0.182. The molecule has 1 nitrogen and oxygen atoms in total. The number of benzene rings is 3. The van der Waals surface area contributed by atoms with Crippen LogP contribution in [0.15, 0.2) is 54.6 Å². The summed E-state index contributed by atoms with van der Waals surface area (Å²) in [5, 5.41) is 1.74. The minimum absolute atomic E-state index is 0.548. The minimum atomic E-state index is 0.548. The molecule has 0 aromatic heterocycles. The summed E-state index contributed by atoms with van der Waals surface area (Å²) < 4.78 is 5.35. The van der Waals surface area contributed by atoms with Crippen molar-refractivity contribution in [2.75, 3.05) is 7.11 Å². The van der Waals surface area contributed by atoms with Crippen LogP contribution in [0.25, 0.3) is 11.1 Å². The maximum atomic E-state index is 6.34. The number of halogens is 3. The SMILES string of the molecule is CCc1cc(Cc2c(Cl)cc(Cl)cc2Cl)ccc1-c1cccc(OC)c1. The lowest BCUT2D eigenvalue weighted by Crippen LogP contribution is -1.95. The summed E-state index contributed by atoms with van der Waals surface area (Å²) in [7, 11) is 1.68. The van der Waals surface area contributed by atoms with E-state index >= 15 is 0 Å². The van der Waals surface area contributed by atoms with Gasteiger partial charge in [-0.25, -0.2) is 0 Å². The van der Waals surface area contributed by atoms with Gasteiger partial charge in [-0.3, -0.25) is 0 Å². The average Bonchev–Trinajstić information content (AvgIpc) is 2.64. The van der Waals surface area contributed by atoms with E-state index in [1.54, 1.807) is 19.2 Å². The third kappa shape index (κ3) is 4.17. The van der Waals surface area contributed by atoms with Gasteiger partial charge in [-0.2, -0.15) is 0 Å². The third-order valence-corrected chi connectivity index (χ3v) is 5.31. The van der Waals surface area contributed by atoms with E-state index in [-0.39, 0.29) is 0 Å². The second kappa shape index (κ2) is 8.35. The molecule has 134 valence electrons. The van der Waals surface area contributed by atoms with Gasteiger partial charge >= 0.3 is 0 Å². The molecule has 0 aliphatic carbocycles. The van der Waals surface area contributed by atoms with Gasteiger partial charge in [0.15, 0.2) is 0 Å². The number of hydrogen-bond acceptors (Lipinski definition) is 1. The second-order valence-electron chi connectivity index (χ2n) is 6.10. The molecule has 0 unspecified atom stereocenters. The van der Waals surface area contributed by atoms with E-state index in [2.05, 4.69) is 37.3 Å². The smallest absolute Gasteiger partial charge is 0.119 e. The number of aryl methyl sites for hydroxylation is 1. The summed E-state index contributed by atoms with van der Waals surface area (Å²) in [4.78, 5) is 0. The third-order valence-electron chi connectivity index (χ3n) is 4.42. The van der Waals surface area contributed by atoms with Crippen molar-refractivity contribution in [3.63, 3.8) is 0 Å². The molecule has 3 aromatic rings. The Bertz CT molecular complexity index is 911. The van der Waals surface area contributed by atoms with Crippen LogP contribution >= 0.6 is 34.8 Å². The van der Waals surface area contributed by atoms with Gasteiger partial charge in [0.25, 0.3) is 0 Å². The van der Waals surface area contributed by atoms with Crippen molar-refractivity contribution in [1.29, 1.82) is 0 Å². The summed E-state index contributed by atoms with van der Waals surface area (Å²) in [6.45, 7) is 2.16. The van der Waals surface area contributed by atoms with Crippen molar-refractivity contribution in [1.82, 2.24) is 0 Å². The first kappa shape index (κ1) is 19.1. The number of methoxy groups -OCH3 is 1. The van der Waals surface area contributed by atoms with Crippen molar-refractivity contribution >= 4 is 34.8 Å². The predicted molar refractivity (Wildman–Crippen MR) is 112 cm³/mol. The molecule has 0 atom stereocenters. The van der Waals surface area contributed by atoms with Crippen LogP contribution < -0.4 is 4.74 Å². The molecular formula is C22H19Cl3O. The topological polar surface area (TPSA) is 9.23 Å². The average molecular weight is 406 g/mol. The van der Waals surface area contributed by atoms with Crippen LogP contribution in [0.5, 0.6) is 5.75 Å². The summed E-state index contributed by atoms with van der Waals surface area (Å²) in [6, 6.07) is 18.1. The highest BCUT2D eigenvalue weighted by molar-refractivity contribution is 6.39. The first-order valence-electron chi connectivity index (χ1n) is 8.41. The van der Waals surface area contributed by atoms with Gasteiger partial charge in [-0.15, -0.1) is 0 Å². The molecule has 0 spiro atoms. The van der Waals surface area contributed by atoms with Crippen LogP contribution in [-0.4, -0.2) is 7.11 Å². The molecule has 0 saturated carbocycles. The van der Waals surface area contributed by atoms with Crippen LogP contribution in [0, 0.1) is 0 Å². The highest BCUT2D eigenvalue weighted by Gasteiger charge is 2.11. The Morgan fingerprint density at radius 2 is 1.62 bits per heavy atom. The lowest BCUT2D eigenvalue weighted by molar-refractivity contribution is 0.415. The van der Waals surface area contributed by atoms with Crippen molar-refractivity contribution in [2.45, 2.75) is 19.8 Å². The first-order chi connectivity index (χ1) is 12.5. The highest BCUT2D eigenvalue weighted by atomic mass is 35.5. The van der Waals surface area contributed by atoms with Gasteiger partial charge < -0.3 is 4.74 Å². The summed E-state index contributed by atoms with van der Waals surface area (Å²) in [5.74, 6) is 0.855. The first-order valence-corrected chi connectivity index (χ1v) is 9.55. The van der Waals surface area contributed by atoms with E-state index < -0.39 is 0 Å². The van der Waals surface area contributed by atoms with Crippen LogP contribution in [-0.2, 0) is 12.8 Å². The molecule has 0 aliphatic heterocycles. The molecular weight excluding hydrogens is 387 g/mol. The predicted octanol–water partition coefficient (Wildman–Crippen LogP) is 7.48.